The summed E-state index contributed by atoms with van der Waals surface area (Å²) in [5.41, 5.74) is 0.899. The predicted molar refractivity (Wildman–Crippen MR) is 85.4 cm³/mol. The van der Waals surface area contributed by atoms with Crippen LogP contribution < -0.4 is 9.47 Å². The zero-order valence-corrected chi connectivity index (χ0v) is 12.8. The molecule has 0 aliphatic carbocycles. The highest BCUT2D eigenvalue weighted by Crippen LogP contribution is 2.21. The Morgan fingerprint density at radius 1 is 1.00 bits per heavy atom. The van der Waals surface area contributed by atoms with E-state index in [9.17, 15) is 14.4 Å². The van der Waals surface area contributed by atoms with Crippen molar-refractivity contribution in [3.63, 3.8) is 0 Å². The number of esters is 2. The number of benzene rings is 2. The van der Waals surface area contributed by atoms with Gasteiger partial charge in [0.15, 0.2) is 0 Å². The molecule has 0 bridgehead atoms. The van der Waals surface area contributed by atoms with Crippen LogP contribution >= 0.6 is 0 Å². The Morgan fingerprint density at radius 2 is 1.62 bits per heavy atom. The normalized spacial score (nSPS) is 9.88. The topological polar surface area (TPSA) is 89.9 Å². The van der Waals surface area contributed by atoms with Gasteiger partial charge in [0, 0.05) is 6.08 Å². The molecule has 2 aromatic carbocycles. The molecule has 0 aliphatic rings. The minimum atomic E-state index is -1.05. The van der Waals surface area contributed by atoms with Crippen molar-refractivity contribution >= 4 is 17.9 Å². The van der Waals surface area contributed by atoms with Crippen LogP contribution in [-0.4, -0.2) is 23.0 Å². The summed E-state index contributed by atoms with van der Waals surface area (Å²) in [6.07, 6.45) is 1.03. The molecular formula is C18H14O6. The number of carbonyl (C=O) groups excluding carboxylic acids is 2. The quantitative estimate of drug-likeness (QED) is 0.516. The second kappa shape index (κ2) is 7.23. The summed E-state index contributed by atoms with van der Waals surface area (Å²) in [5.74, 6) is -1.71. The molecule has 0 aromatic heterocycles. The van der Waals surface area contributed by atoms with Crippen LogP contribution in [0.15, 0.2) is 55.1 Å². The van der Waals surface area contributed by atoms with Gasteiger partial charge < -0.3 is 14.6 Å². The fourth-order valence-electron chi connectivity index (χ4n) is 1.87. The maximum atomic E-state index is 12.1. The van der Waals surface area contributed by atoms with Crippen LogP contribution in [0.3, 0.4) is 0 Å². The number of hydrogen-bond donors (Lipinski definition) is 1. The number of carbonyl (C=O) groups is 3. The maximum absolute atomic E-state index is 12.1. The average molecular weight is 326 g/mol. The third-order valence-corrected chi connectivity index (χ3v) is 3.10. The van der Waals surface area contributed by atoms with Crippen molar-refractivity contribution in [3.05, 3.63) is 71.8 Å². The van der Waals surface area contributed by atoms with Crippen LogP contribution in [0.4, 0.5) is 0 Å². The van der Waals surface area contributed by atoms with Gasteiger partial charge in [-0.05, 0) is 55.0 Å². The molecule has 6 nitrogen and oxygen atoms in total. The first-order chi connectivity index (χ1) is 11.4. The first kappa shape index (κ1) is 17.0. The molecule has 1 N–H and O–H groups in total. The summed E-state index contributed by atoms with van der Waals surface area (Å²) >= 11 is 0. The molecule has 0 saturated heterocycles. The van der Waals surface area contributed by atoms with E-state index in [1.807, 2.05) is 0 Å². The highest BCUT2D eigenvalue weighted by molar-refractivity contribution is 5.92. The highest BCUT2D eigenvalue weighted by atomic mass is 16.5. The molecule has 0 amide bonds. The van der Waals surface area contributed by atoms with Gasteiger partial charge >= 0.3 is 17.9 Å². The number of rotatable bonds is 5. The molecule has 0 saturated carbocycles. The molecule has 6 heteroatoms. The van der Waals surface area contributed by atoms with Crippen molar-refractivity contribution in [2.24, 2.45) is 0 Å². The molecule has 0 unspecified atom stereocenters. The summed E-state index contributed by atoms with van der Waals surface area (Å²) in [4.78, 5) is 34.1. The van der Waals surface area contributed by atoms with Crippen molar-refractivity contribution in [1.29, 1.82) is 0 Å². The van der Waals surface area contributed by atoms with E-state index in [1.54, 1.807) is 6.92 Å². The summed E-state index contributed by atoms with van der Waals surface area (Å²) < 4.78 is 10.2. The Morgan fingerprint density at radius 3 is 2.17 bits per heavy atom. The van der Waals surface area contributed by atoms with E-state index in [4.69, 9.17) is 14.6 Å². The SMILES string of the molecule is C=CC(=O)Oc1ccc(C(=O)Oc2ccc(C(=O)O)cc2C)cc1. The van der Waals surface area contributed by atoms with Gasteiger partial charge in [-0.1, -0.05) is 6.58 Å². The van der Waals surface area contributed by atoms with Crippen LogP contribution in [0, 0.1) is 6.92 Å². The largest absolute Gasteiger partial charge is 0.478 e. The lowest BCUT2D eigenvalue weighted by molar-refractivity contribution is -0.128. The second-order valence-electron chi connectivity index (χ2n) is 4.82. The molecule has 0 fully saturated rings. The molecule has 0 aliphatic heterocycles. The van der Waals surface area contributed by atoms with Crippen molar-refractivity contribution in [2.45, 2.75) is 6.92 Å². The third-order valence-electron chi connectivity index (χ3n) is 3.10. The molecule has 122 valence electrons. The highest BCUT2D eigenvalue weighted by Gasteiger charge is 2.12. The number of carboxylic acids is 1. The zero-order valence-electron chi connectivity index (χ0n) is 12.8. The van der Waals surface area contributed by atoms with Crippen LogP contribution in [0.2, 0.25) is 0 Å². The molecule has 0 atom stereocenters. The van der Waals surface area contributed by atoms with E-state index in [1.165, 1.54) is 42.5 Å². The van der Waals surface area contributed by atoms with E-state index >= 15 is 0 Å². The number of carboxylic acid groups (broad SMARTS) is 1. The van der Waals surface area contributed by atoms with Crippen LogP contribution in [-0.2, 0) is 4.79 Å². The maximum Gasteiger partial charge on any atom is 0.343 e. The Bertz CT molecular complexity index is 805. The fraction of sp³-hybridized carbons (Fsp3) is 0.0556. The van der Waals surface area contributed by atoms with Gasteiger partial charge in [-0.3, -0.25) is 0 Å². The molecule has 0 radical (unpaired) electrons. The second-order valence-corrected chi connectivity index (χ2v) is 4.82. The predicted octanol–water partition coefficient (Wildman–Crippen LogP) is 3.00. The average Bonchev–Trinajstić information content (AvgIpc) is 2.56. The van der Waals surface area contributed by atoms with Gasteiger partial charge in [0.05, 0.1) is 11.1 Å². The summed E-state index contributed by atoms with van der Waals surface area (Å²) in [6.45, 7) is 4.93. The lowest BCUT2D eigenvalue weighted by Gasteiger charge is -2.08. The molecule has 0 spiro atoms. The van der Waals surface area contributed by atoms with Crippen LogP contribution in [0.25, 0.3) is 0 Å². The molecule has 2 rings (SSSR count). The van der Waals surface area contributed by atoms with E-state index < -0.39 is 17.9 Å². The third kappa shape index (κ3) is 4.07. The van der Waals surface area contributed by atoms with E-state index in [-0.39, 0.29) is 22.6 Å². The van der Waals surface area contributed by atoms with Gasteiger partial charge in [-0.25, -0.2) is 14.4 Å². The number of hydrogen-bond acceptors (Lipinski definition) is 5. The van der Waals surface area contributed by atoms with Crippen LogP contribution in [0.1, 0.15) is 26.3 Å². The summed E-state index contributed by atoms with van der Waals surface area (Å²) in [7, 11) is 0. The number of aryl methyl sites for hydroxylation is 1. The molecule has 0 heterocycles. The van der Waals surface area contributed by atoms with Gasteiger partial charge in [-0.2, -0.15) is 0 Å². The molecule has 2 aromatic rings. The Kier molecular flexibility index (Phi) is 5.11. The van der Waals surface area contributed by atoms with Gasteiger partial charge in [0.2, 0.25) is 0 Å². The Labute approximate surface area is 137 Å². The van der Waals surface area contributed by atoms with Crippen molar-refractivity contribution in [3.8, 4) is 11.5 Å². The summed E-state index contributed by atoms with van der Waals surface area (Å²) in [5, 5.41) is 8.92. The van der Waals surface area contributed by atoms with E-state index in [2.05, 4.69) is 6.58 Å². The smallest absolute Gasteiger partial charge is 0.343 e. The molecular weight excluding hydrogens is 312 g/mol. The van der Waals surface area contributed by atoms with Gasteiger partial charge in [0.25, 0.3) is 0 Å². The molecule has 24 heavy (non-hydrogen) atoms. The Hall–Kier alpha value is -3.41. The number of ether oxygens (including phenoxy) is 2. The standard InChI is InChI=1S/C18H14O6/c1-3-16(19)23-14-7-4-12(5-8-14)18(22)24-15-9-6-13(17(20)21)10-11(15)2/h3-10H,1H2,2H3,(H,20,21). The van der Waals surface area contributed by atoms with Crippen molar-refractivity contribution < 1.29 is 29.0 Å². The fourth-order valence-corrected chi connectivity index (χ4v) is 1.87. The van der Waals surface area contributed by atoms with Gasteiger partial charge in [0.1, 0.15) is 11.5 Å². The zero-order chi connectivity index (χ0) is 17.7. The minimum Gasteiger partial charge on any atom is -0.478 e. The van der Waals surface area contributed by atoms with Crippen molar-refractivity contribution in [2.75, 3.05) is 0 Å². The number of aromatic carboxylic acids is 1. The lowest BCUT2D eigenvalue weighted by atomic mass is 10.1. The monoisotopic (exact) mass is 326 g/mol. The minimum absolute atomic E-state index is 0.112. The van der Waals surface area contributed by atoms with Crippen LogP contribution in [0.5, 0.6) is 11.5 Å². The van der Waals surface area contributed by atoms with E-state index in [0.29, 0.717) is 5.56 Å². The Balaban J connectivity index is 2.11. The van der Waals surface area contributed by atoms with Gasteiger partial charge in [-0.15, -0.1) is 0 Å². The first-order valence-electron chi connectivity index (χ1n) is 6.91. The van der Waals surface area contributed by atoms with E-state index in [0.717, 1.165) is 6.08 Å². The van der Waals surface area contributed by atoms with Crippen molar-refractivity contribution in [1.82, 2.24) is 0 Å². The summed E-state index contributed by atoms with van der Waals surface area (Å²) in [6, 6.07) is 10.0. The first-order valence-corrected chi connectivity index (χ1v) is 6.91. The lowest BCUT2D eigenvalue weighted by Crippen LogP contribution is -2.10.